The zero-order valence-electron chi connectivity index (χ0n) is 18.2. The van der Waals surface area contributed by atoms with E-state index in [4.69, 9.17) is 0 Å². The standard InChI is InChI=1S/C28H29N3/c1-22-19-24(12-13-26(22)27-11-5-9-25-10-6-14-29-28(25)27)21-31-17-15-30(16-18-31)20-23-7-3-2-4-8-23/h2-14,19H,15-18,20-21H2,1H3. The van der Waals surface area contributed by atoms with Crippen molar-refractivity contribution < 1.29 is 0 Å². The normalized spacial score (nSPS) is 15.4. The third-order valence-electron chi connectivity index (χ3n) is 6.33. The summed E-state index contributed by atoms with van der Waals surface area (Å²) >= 11 is 0. The van der Waals surface area contributed by atoms with Crippen molar-refractivity contribution in [3.63, 3.8) is 0 Å². The van der Waals surface area contributed by atoms with E-state index in [2.05, 4.69) is 94.5 Å². The third kappa shape index (κ3) is 4.53. The molecule has 1 saturated heterocycles. The van der Waals surface area contributed by atoms with Gasteiger partial charge in [-0.2, -0.15) is 0 Å². The van der Waals surface area contributed by atoms with Crippen molar-refractivity contribution in [3.8, 4) is 11.1 Å². The van der Waals surface area contributed by atoms with Crippen molar-refractivity contribution in [2.45, 2.75) is 20.0 Å². The number of pyridine rings is 1. The van der Waals surface area contributed by atoms with Crippen LogP contribution in [0.15, 0.2) is 85.1 Å². The molecule has 0 radical (unpaired) electrons. The summed E-state index contributed by atoms with van der Waals surface area (Å²) in [5.41, 5.74) is 7.70. The summed E-state index contributed by atoms with van der Waals surface area (Å²) in [6, 6.07) is 28.3. The highest BCUT2D eigenvalue weighted by molar-refractivity contribution is 5.94. The van der Waals surface area contributed by atoms with E-state index < -0.39 is 0 Å². The van der Waals surface area contributed by atoms with Crippen molar-refractivity contribution in [3.05, 3.63) is 102 Å². The quantitative estimate of drug-likeness (QED) is 0.434. The van der Waals surface area contributed by atoms with E-state index in [0.29, 0.717) is 0 Å². The van der Waals surface area contributed by atoms with Crippen LogP contribution in [-0.4, -0.2) is 41.0 Å². The lowest BCUT2D eigenvalue weighted by molar-refractivity contribution is 0.122. The maximum Gasteiger partial charge on any atom is 0.0780 e. The first-order valence-electron chi connectivity index (χ1n) is 11.2. The summed E-state index contributed by atoms with van der Waals surface area (Å²) in [4.78, 5) is 9.78. The van der Waals surface area contributed by atoms with Gasteiger partial charge in [-0.3, -0.25) is 14.8 Å². The Balaban J connectivity index is 1.25. The lowest BCUT2D eigenvalue weighted by Gasteiger charge is -2.34. The van der Waals surface area contributed by atoms with E-state index >= 15 is 0 Å². The van der Waals surface area contributed by atoms with Crippen LogP contribution < -0.4 is 0 Å². The lowest BCUT2D eigenvalue weighted by Crippen LogP contribution is -2.45. The zero-order valence-corrected chi connectivity index (χ0v) is 18.2. The number of nitrogens with zero attached hydrogens (tertiary/aromatic N) is 3. The van der Waals surface area contributed by atoms with Gasteiger partial charge in [0.1, 0.15) is 0 Å². The molecule has 0 spiro atoms. The van der Waals surface area contributed by atoms with E-state index in [0.717, 1.165) is 44.8 Å². The van der Waals surface area contributed by atoms with Gasteiger partial charge in [-0.25, -0.2) is 0 Å². The fourth-order valence-corrected chi connectivity index (χ4v) is 4.65. The summed E-state index contributed by atoms with van der Waals surface area (Å²) in [5.74, 6) is 0. The van der Waals surface area contributed by atoms with Crippen molar-refractivity contribution in [1.82, 2.24) is 14.8 Å². The molecular formula is C28H29N3. The third-order valence-corrected chi connectivity index (χ3v) is 6.33. The summed E-state index contributed by atoms with van der Waals surface area (Å²) < 4.78 is 0. The van der Waals surface area contributed by atoms with Crippen LogP contribution >= 0.6 is 0 Å². The molecule has 2 heterocycles. The first-order chi connectivity index (χ1) is 15.3. The fraction of sp³-hybridized carbons (Fsp3) is 0.250. The minimum atomic E-state index is 1.02. The number of aryl methyl sites for hydroxylation is 1. The van der Waals surface area contributed by atoms with Crippen LogP contribution in [-0.2, 0) is 13.1 Å². The molecule has 0 amide bonds. The molecule has 1 aromatic heterocycles. The van der Waals surface area contributed by atoms with Crippen molar-refractivity contribution >= 4 is 10.9 Å². The van der Waals surface area contributed by atoms with Gasteiger partial charge in [-0.1, -0.05) is 72.8 Å². The number of aromatic nitrogens is 1. The molecule has 0 aliphatic carbocycles. The summed E-state index contributed by atoms with van der Waals surface area (Å²) in [7, 11) is 0. The molecule has 156 valence electrons. The predicted octanol–water partition coefficient (Wildman–Crippen LogP) is 5.53. The van der Waals surface area contributed by atoms with E-state index in [-0.39, 0.29) is 0 Å². The van der Waals surface area contributed by atoms with Crippen LogP contribution in [0.1, 0.15) is 16.7 Å². The maximum absolute atomic E-state index is 4.64. The second-order valence-electron chi connectivity index (χ2n) is 8.57. The molecule has 31 heavy (non-hydrogen) atoms. The predicted molar refractivity (Wildman–Crippen MR) is 129 cm³/mol. The smallest absolute Gasteiger partial charge is 0.0780 e. The first-order valence-corrected chi connectivity index (χ1v) is 11.2. The van der Waals surface area contributed by atoms with Gasteiger partial charge in [-0.15, -0.1) is 0 Å². The van der Waals surface area contributed by atoms with Crippen LogP contribution in [0, 0.1) is 6.92 Å². The number of rotatable bonds is 5. The molecule has 1 fully saturated rings. The van der Waals surface area contributed by atoms with Crippen LogP contribution in [0.2, 0.25) is 0 Å². The van der Waals surface area contributed by atoms with Gasteiger partial charge in [-0.05, 0) is 35.2 Å². The number of hydrogen-bond donors (Lipinski definition) is 0. The Labute approximate surface area is 185 Å². The highest BCUT2D eigenvalue weighted by atomic mass is 15.3. The Morgan fingerprint density at radius 2 is 1.39 bits per heavy atom. The fourth-order valence-electron chi connectivity index (χ4n) is 4.65. The molecule has 0 saturated carbocycles. The van der Waals surface area contributed by atoms with Gasteiger partial charge in [0.25, 0.3) is 0 Å². The van der Waals surface area contributed by atoms with Crippen molar-refractivity contribution in [1.29, 1.82) is 0 Å². The SMILES string of the molecule is Cc1cc(CN2CCN(Cc3ccccc3)CC2)ccc1-c1cccc2cccnc12. The van der Waals surface area contributed by atoms with Crippen molar-refractivity contribution in [2.24, 2.45) is 0 Å². The average Bonchev–Trinajstić information content (AvgIpc) is 2.81. The lowest BCUT2D eigenvalue weighted by atomic mass is 9.96. The van der Waals surface area contributed by atoms with Gasteiger partial charge in [0.15, 0.2) is 0 Å². The number of benzene rings is 3. The molecule has 0 N–H and O–H groups in total. The zero-order chi connectivity index (χ0) is 21.0. The Kier molecular flexibility index (Phi) is 5.79. The van der Waals surface area contributed by atoms with Gasteiger partial charge >= 0.3 is 0 Å². The van der Waals surface area contributed by atoms with Gasteiger partial charge in [0, 0.05) is 56.4 Å². The molecule has 3 aromatic carbocycles. The molecule has 1 aliphatic rings. The van der Waals surface area contributed by atoms with E-state index in [1.807, 2.05) is 12.3 Å². The highest BCUT2D eigenvalue weighted by Crippen LogP contribution is 2.30. The van der Waals surface area contributed by atoms with Crippen LogP contribution in [0.25, 0.3) is 22.0 Å². The minimum Gasteiger partial charge on any atom is -0.297 e. The number of piperazine rings is 1. The Morgan fingerprint density at radius 1 is 0.677 bits per heavy atom. The Morgan fingerprint density at radius 3 is 2.13 bits per heavy atom. The Hall–Kier alpha value is -3.01. The van der Waals surface area contributed by atoms with Gasteiger partial charge in [0.2, 0.25) is 0 Å². The van der Waals surface area contributed by atoms with Crippen LogP contribution in [0.3, 0.4) is 0 Å². The molecular weight excluding hydrogens is 378 g/mol. The molecule has 0 atom stereocenters. The highest BCUT2D eigenvalue weighted by Gasteiger charge is 2.17. The van der Waals surface area contributed by atoms with Crippen LogP contribution in [0.4, 0.5) is 0 Å². The number of hydrogen-bond acceptors (Lipinski definition) is 3. The molecule has 3 nitrogen and oxygen atoms in total. The van der Waals surface area contributed by atoms with Crippen LogP contribution in [0.5, 0.6) is 0 Å². The van der Waals surface area contributed by atoms with E-state index in [1.54, 1.807) is 0 Å². The number of para-hydroxylation sites is 1. The second kappa shape index (κ2) is 9.01. The Bertz CT molecular complexity index is 1160. The topological polar surface area (TPSA) is 19.4 Å². The molecule has 0 bridgehead atoms. The average molecular weight is 408 g/mol. The molecule has 4 aromatic rings. The first kappa shape index (κ1) is 19.9. The van der Waals surface area contributed by atoms with Crippen molar-refractivity contribution in [2.75, 3.05) is 26.2 Å². The second-order valence-corrected chi connectivity index (χ2v) is 8.57. The van der Waals surface area contributed by atoms with E-state index in [9.17, 15) is 0 Å². The van der Waals surface area contributed by atoms with E-state index in [1.165, 1.54) is 33.2 Å². The monoisotopic (exact) mass is 407 g/mol. The maximum atomic E-state index is 4.64. The van der Waals surface area contributed by atoms with Gasteiger partial charge < -0.3 is 0 Å². The minimum absolute atomic E-state index is 1.02. The summed E-state index contributed by atoms with van der Waals surface area (Å²) in [6.45, 7) is 8.82. The molecule has 5 rings (SSSR count). The summed E-state index contributed by atoms with van der Waals surface area (Å²) in [6.07, 6.45) is 1.88. The number of fused-ring (bicyclic) bond motifs is 1. The largest absolute Gasteiger partial charge is 0.297 e. The molecule has 0 unspecified atom stereocenters. The molecule has 3 heteroatoms. The molecule has 1 aliphatic heterocycles. The van der Waals surface area contributed by atoms with Gasteiger partial charge in [0.05, 0.1) is 5.52 Å². The summed E-state index contributed by atoms with van der Waals surface area (Å²) in [5, 5.41) is 1.19.